The molecule has 7 N–H and O–H groups in total. The Morgan fingerprint density at radius 2 is 1.61 bits per heavy atom. The smallest absolute Gasteiger partial charge is 0.297 e. The van der Waals surface area contributed by atoms with E-state index in [1.807, 2.05) is 16.7 Å². The molecule has 21 nitrogen and oxygen atoms in total. The molecule has 3 aliphatic rings. The van der Waals surface area contributed by atoms with Gasteiger partial charge >= 0.3 is 0 Å². The lowest BCUT2D eigenvalue weighted by atomic mass is 10.1. The molecular weight excluding hydrogens is 809 g/mol. The van der Waals surface area contributed by atoms with Crippen molar-refractivity contribution in [3.63, 3.8) is 0 Å². The number of rotatable bonds is 13. The summed E-state index contributed by atoms with van der Waals surface area (Å²) in [5.41, 5.74) is 6.90. The Kier molecular flexibility index (Phi) is 17.7. The van der Waals surface area contributed by atoms with Crippen LogP contribution in [0.15, 0.2) is 73.6 Å². The summed E-state index contributed by atoms with van der Waals surface area (Å²) >= 11 is 0. The van der Waals surface area contributed by atoms with Gasteiger partial charge in [-0.15, -0.1) is 0 Å². The van der Waals surface area contributed by atoms with Crippen LogP contribution in [-0.2, 0) is 33.9 Å². The van der Waals surface area contributed by atoms with Gasteiger partial charge in [0.15, 0.2) is 0 Å². The van der Waals surface area contributed by atoms with Crippen LogP contribution in [0.2, 0.25) is 0 Å². The van der Waals surface area contributed by atoms with Crippen molar-refractivity contribution in [1.82, 2.24) is 25.2 Å². The number of aromatic nitrogens is 3. The molecule has 3 heterocycles. The molecule has 0 saturated carbocycles. The maximum absolute atomic E-state index is 13.3. The zero-order valence-electron chi connectivity index (χ0n) is 33.8. The predicted molar refractivity (Wildman–Crippen MR) is 227 cm³/mol. The van der Waals surface area contributed by atoms with Crippen LogP contribution in [0, 0.1) is 0 Å². The van der Waals surface area contributed by atoms with E-state index >= 15 is 0 Å². The summed E-state index contributed by atoms with van der Waals surface area (Å²) in [6.07, 6.45) is 7.77. The van der Waals surface area contributed by atoms with Gasteiger partial charge in [-0.05, 0) is 42.8 Å². The third kappa shape index (κ3) is 14.1. The third-order valence-electron chi connectivity index (χ3n) is 8.42. The number of nitrogens with two attached hydrogens (primary N) is 1. The molecular formula is C36H54N12O9S2. The average molecular weight is 863 g/mol. The highest BCUT2D eigenvalue weighted by molar-refractivity contribution is 7.91. The van der Waals surface area contributed by atoms with Gasteiger partial charge in [0.1, 0.15) is 9.80 Å². The summed E-state index contributed by atoms with van der Waals surface area (Å²) in [5, 5.41) is 16.8. The van der Waals surface area contributed by atoms with Gasteiger partial charge in [0.2, 0.25) is 29.8 Å². The lowest BCUT2D eigenvalue weighted by molar-refractivity contribution is 0.121. The van der Waals surface area contributed by atoms with Crippen LogP contribution in [0.25, 0.3) is 6.08 Å². The quantitative estimate of drug-likeness (QED) is 0.0543. The zero-order valence-corrected chi connectivity index (χ0v) is 35.5. The van der Waals surface area contributed by atoms with Gasteiger partial charge in [-0.25, -0.2) is 4.99 Å². The van der Waals surface area contributed by atoms with E-state index in [1.54, 1.807) is 44.1 Å². The monoisotopic (exact) mass is 862 g/mol. The lowest BCUT2D eigenvalue weighted by Gasteiger charge is -2.30. The Labute approximate surface area is 345 Å². The average Bonchev–Trinajstić information content (AvgIpc) is 3.43. The Morgan fingerprint density at radius 1 is 1.00 bits per heavy atom. The fourth-order valence-corrected chi connectivity index (χ4v) is 7.10. The van der Waals surface area contributed by atoms with Crippen LogP contribution >= 0.6 is 0 Å². The Morgan fingerprint density at radius 3 is 2.15 bits per heavy atom. The van der Waals surface area contributed by atoms with Crippen molar-refractivity contribution in [2.45, 2.75) is 25.2 Å². The summed E-state index contributed by atoms with van der Waals surface area (Å²) < 4.78 is 78.1. The van der Waals surface area contributed by atoms with Gasteiger partial charge < -0.3 is 45.6 Å². The van der Waals surface area contributed by atoms with Crippen molar-refractivity contribution in [1.29, 1.82) is 0 Å². The Bertz CT molecular complexity index is 2110. The summed E-state index contributed by atoms with van der Waals surface area (Å²) in [6.45, 7) is 9.30. The molecule has 0 amide bonds. The minimum absolute atomic E-state index is 0.0144. The van der Waals surface area contributed by atoms with Crippen molar-refractivity contribution in [3.05, 3.63) is 64.2 Å². The number of nitrogens with zero attached hydrogens (tertiary/aromatic N) is 8. The molecule has 0 spiro atoms. The lowest BCUT2D eigenvalue weighted by Crippen LogP contribution is -2.40. The second kappa shape index (κ2) is 22.4. The standard InChI is InChI=1S/C34H48N12O8S2.C2H6O/c1-5-36-23-37-30(35)40-32(44(2)3)39-27-12-11-25(28(21-27)55(47,48)49)10-9-24-7-6-8-26(22-29(24)56(50,51)52-4)38-31-41-33(45-13-17-53-18-14-45)43-34(42-31)46-15-19-54-20-16-46;1-2-3/h6-7,9-12,21-22,36H,5,8,13-20,23H2,1-4H3,(H,47,48,49)(H3,35,37,39,40)(H,38,41,42,43);3H,2H2,1H3/b10-9+;. The van der Waals surface area contributed by atoms with Crippen LogP contribution in [0.4, 0.5) is 23.5 Å². The van der Waals surface area contributed by atoms with Crippen molar-refractivity contribution in [2.75, 3.05) is 114 Å². The van der Waals surface area contributed by atoms with E-state index in [4.69, 9.17) is 29.5 Å². The summed E-state index contributed by atoms with van der Waals surface area (Å²) in [5.74, 6) is 1.37. The predicted octanol–water partition coefficient (Wildman–Crippen LogP) is 1.20. The number of morpholine rings is 2. The number of anilines is 4. The van der Waals surface area contributed by atoms with Crippen molar-refractivity contribution >= 4 is 61.8 Å². The SMILES string of the molecule is CCNC/N=C(N)\N=C(\Nc1ccc(/C=C/C2=C(S(=O)(=O)OC)C=C(Nc3nc(N4CCOCC4)nc(N4CCOCC4)n3)CC=C2)c(S(=O)(=O)O)c1)N(C)C.CCO. The number of aliphatic hydroxyl groups is 1. The highest BCUT2D eigenvalue weighted by atomic mass is 32.2. The molecule has 59 heavy (non-hydrogen) atoms. The van der Waals surface area contributed by atoms with E-state index in [0.717, 1.165) is 7.11 Å². The Balaban J connectivity index is 0.00000248. The molecule has 0 radical (unpaired) electrons. The minimum atomic E-state index is -4.76. The molecule has 1 aromatic heterocycles. The van der Waals surface area contributed by atoms with Crippen LogP contribution < -0.4 is 31.5 Å². The van der Waals surface area contributed by atoms with Crippen molar-refractivity contribution in [2.24, 2.45) is 15.7 Å². The fraction of sp³-hybridized carbons (Fsp3) is 0.472. The first kappa shape index (κ1) is 46.7. The molecule has 324 valence electrons. The first-order valence-corrected chi connectivity index (χ1v) is 21.6. The molecule has 1 aliphatic carbocycles. The molecule has 0 bridgehead atoms. The maximum Gasteiger partial charge on any atom is 0.297 e. The number of nitrogens with one attached hydrogen (secondary N) is 3. The fourth-order valence-electron chi connectivity index (χ4n) is 5.50. The molecule has 2 aromatic rings. The first-order valence-electron chi connectivity index (χ1n) is 18.7. The van der Waals surface area contributed by atoms with Crippen LogP contribution in [0.5, 0.6) is 0 Å². The van der Waals surface area contributed by atoms with Gasteiger partial charge in [0.25, 0.3) is 20.2 Å². The highest BCUT2D eigenvalue weighted by Crippen LogP contribution is 2.28. The van der Waals surface area contributed by atoms with Gasteiger partial charge in [0, 0.05) is 64.7 Å². The van der Waals surface area contributed by atoms with Gasteiger partial charge in [0.05, 0.1) is 40.2 Å². The number of allylic oxidation sites excluding steroid dienone is 5. The number of aliphatic imine (C=N–C) groups is 2. The van der Waals surface area contributed by atoms with Crippen molar-refractivity contribution in [3.8, 4) is 0 Å². The number of hydrogen-bond donors (Lipinski definition) is 6. The third-order valence-corrected chi connectivity index (χ3v) is 10.7. The van der Waals surface area contributed by atoms with Crippen LogP contribution in [0.3, 0.4) is 0 Å². The Hall–Kier alpha value is -5.01. The normalized spacial score (nSPS) is 17.0. The number of benzene rings is 1. The van der Waals surface area contributed by atoms with Crippen LogP contribution in [0.1, 0.15) is 25.8 Å². The summed E-state index contributed by atoms with van der Waals surface area (Å²) in [6, 6.07) is 4.23. The zero-order chi connectivity index (χ0) is 43.0. The number of aliphatic hydroxyl groups excluding tert-OH is 1. The number of ether oxygens (including phenoxy) is 2. The number of hydrogen-bond acceptors (Lipinski definition) is 16. The van der Waals surface area contributed by atoms with E-state index in [0.29, 0.717) is 76.7 Å². The minimum Gasteiger partial charge on any atom is -0.397 e. The molecule has 23 heteroatoms. The van der Waals surface area contributed by atoms with E-state index in [2.05, 4.69) is 35.9 Å². The second-order valence-corrected chi connectivity index (χ2v) is 16.0. The number of guanidine groups is 2. The molecule has 2 aliphatic heterocycles. The summed E-state index contributed by atoms with van der Waals surface area (Å²) in [4.78, 5) is 27.4. The second-order valence-electron chi connectivity index (χ2n) is 12.9. The topological polar surface area (TPSA) is 272 Å². The molecule has 0 unspecified atom stereocenters. The molecule has 2 saturated heterocycles. The van der Waals surface area contributed by atoms with Crippen molar-refractivity contribution < 1.29 is 40.2 Å². The van der Waals surface area contributed by atoms with E-state index in [-0.39, 0.29) is 59.3 Å². The van der Waals surface area contributed by atoms with E-state index in [9.17, 15) is 21.4 Å². The molecule has 5 rings (SSSR count). The van der Waals surface area contributed by atoms with E-state index in [1.165, 1.54) is 30.4 Å². The van der Waals surface area contributed by atoms with Gasteiger partial charge in [-0.2, -0.15) is 36.8 Å². The van der Waals surface area contributed by atoms with Crippen LogP contribution in [-0.4, -0.2) is 152 Å². The molecule has 2 fully saturated rings. The van der Waals surface area contributed by atoms with Gasteiger partial charge in [-0.1, -0.05) is 37.3 Å². The summed E-state index contributed by atoms with van der Waals surface area (Å²) in [7, 11) is -4.63. The highest BCUT2D eigenvalue weighted by Gasteiger charge is 2.24. The molecule has 0 atom stereocenters. The van der Waals surface area contributed by atoms with E-state index < -0.39 is 25.1 Å². The maximum atomic E-state index is 13.3. The first-order chi connectivity index (χ1) is 28.2. The largest absolute Gasteiger partial charge is 0.397 e. The van der Waals surface area contributed by atoms with Gasteiger partial charge in [-0.3, -0.25) is 14.1 Å². The molecule has 1 aromatic carbocycles.